The van der Waals surface area contributed by atoms with E-state index in [1.54, 1.807) is 18.7 Å². The number of imidazole rings is 1. The van der Waals surface area contributed by atoms with E-state index in [0.29, 0.717) is 5.17 Å². The van der Waals surface area contributed by atoms with Gasteiger partial charge in [-0.1, -0.05) is 48.2 Å². The summed E-state index contributed by atoms with van der Waals surface area (Å²) < 4.78 is 2.88. The first-order chi connectivity index (χ1) is 12.2. The van der Waals surface area contributed by atoms with E-state index in [2.05, 4.69) is 43.2 Å². The van der Waals surface area contributed by atoms with Crippen LogP contribution in [0.15, 0.2) is 81.9 Å². The van der Waals surface area contributed by atoms with Crippen LogP contribution in [0.5, 0.6) is 0 Å². The molecule has 3 aromatic rings. The van der Waals surface area contributed by atoms with E-state index in [1.165, 1.54) is 17.3 Å². The topological polar surface area (TPSA) is 68.6 Å². The SMILES string of the molecule is NC(=NN=Cc1ccc(-n2ccnc2)c(Br)c1)SCc1ccccc1. The van der Waals surface area contributed by atoms with Gasteiger partial charge >= 0.3 is 0 Å². The summed E-state index contributed by atoms with van der Waals surface area (Å²) in [5, 5.41) is 8.54. The molecule has 0 aliphatic rings. The highest BCUT2D eigenvalue weighted by atomic mass is 79.9. The van der Waals surface area contributed by atoms with Gasteiger partial charge in [-0.15, -0.1) is 5.10 Å². The second-order valence-electron chi connectivity index (χ2n) is 5.14. The van der Waals surface area contributed by atoms with E-state index < -0.39 is 0 Å². The van der Waals surface area contributed by atoms with Crippen LogP contribution in [-0.2, 0) is 5.75 Å². The highest BCUT2D eigenvalue weighted by molar-refractivity contribution is 9.10. The molecule has 3 rings (SSSR count). The number of halogens is 1. The number of nitrogens with zero attached hydrogens (tertiary/aromatic N) is 4. The number of hydrogen-bond acceptors (Lipinski definition) is 4. The number of hydrogen-bond donors (Lipinski definition) is 1. The fraction of sp³-hybridized carbons (Fsp3) is 0.0556. The molecule has 0 fully saturated rings. The third-order valence-corrected chi connectivity index (χ3v) is 4.84. The monoisotopic (exact) mass is 413 g/mol. The van der Waals surface area contributed by atoms with Gasteiger partial charge in [-0.2, -0.15) is 5.10 Å². The van der Waals surface area contributed by atoms with Crippen LogP contribution in [0.4, 0.5) is 0 Å². The van der Waals surface area contributed by atoms with E-state index in [9.17, 15) is 0 Å². The molecule has 0 spiro atoms. The van der Waals surface area contributed by atoms with Gasteiger partial charge in [-0.25, -0.2) is 4.98 Å². The van der Waals surface area contributed by atoms with Crippen molar-refractivity contribution in [3.63, 3.8) is 0 Å². The van der Waals surface area contributed by atoms with Crippen LogP contribution in [-0.4, -0.2) is 20.9 Å². The Morgan fingerprint density at radius 1 is 1.24 bits per heavy atom. The molecule has 0 bridgehead atoms. The maximum Gasteiger partial charge on any atom is 0.180 e. The minimum absolute atomic E-state index is 0.439. The maximum absolute atomic E-state index is 5.88. The second-order valence-corrected chi connectivity index (χ2v) is 6.99. The summed E-state index contributed by atoms with van der Waals surface area (Å²) in [4.78, 5) is 4.05. The number of amidine groups is 1. The fourth-order valence-corrected chi connectivity index (χ4v) is 3.34. The Morgan fingerprint density at radius 3 is 2.80 bits per heavy atom. The van der Waals surface area contributed by atoms with E-state index >= 15 is 0 Å². The molecule has 0 amide bonds. The number of aromatic nitrogens is 2. The van der Waals surface area contributed by atoms with Gasteiger partial charge < -0.3 is 10.3 Å². The Hall–Kier alpha value is -2.38. The Morgan fingerprint density at radius 2 is 2.08 bits per heavy atom. The standard InChI is InChI=1S/C18H16BrN5S/c19-16-10-15(6-7-17(16)24-9-8-21-13-24)11-22-23-18(20)25-12-14-4-2-1-3-5-14/h1-11,13H,12H2,(H2,20,23). The van der Waals surface area contributed by atoms with Gasteiger partial charge in [0.15, 0.2) is 5.17 Å². The van der Waals surface area contributed by atoms with E-state index in [1.807, 2.05) is 47.2 Å². The Kier molecular flexibility index (Phi) is 6.03. The quantitative estimate of drug-likeness (QED) is 0.386. The molecule has 1 aromatic heterocycles. The molecule has 7 heteroatoms. The summed E-state index contributed by atoms with van der Waals surface area (Å²) in [7, 11) is 0. The predicted octanol–water partition coefficient (Wildman–Crippen LogP) is 4.22. The minimum Gasteiger partial charge on any atom is -0.377 e. The van der Waals surface area contributed by atoms with E-state index in [0.717, 1.165) is 21.5 Å². The van der Waals surface area contributed by atoms with Crippen LogP contribution >= 0.6 is 27.7 Å². The van der Waals surface area contributed by atoms with Crippen molar-refractivity contribution in [2.45, 2.75) is 5.75 Å². The van der Waals surface area contributed by atoms with Gasteiger partial charge in [0.25, 0.3) is 0 Å². The average molecular weight is 414 g/mol. The normalized spacial score (nSPS) is 12.0. The molecule has 126 valence electrons. The lowest BCUT2D eigenvalue weighted by molar-refractivity contribution is 1.05. The number of thioether (sulfide) groups is 1. The number of benzene rings is 2. The summed E-state index contributed by atoms with van der Waals surface area (Å²) in [5.41, 5.74) is 9.03. The summed E-state index contributed by atoms with van der Waals surface area (Å²) in [5.74, 6) is 0.775. The molecule has 0 aliphatic heterocycles. The van der Waals surface area contributed by atoms with Gasteiger partial charge in [0.1, 0.15) is 0 Å². The van der Waals surface area contributed by atoms with Crippen LogP contribution in [0.2, 0.25) is 0 Å². The first-order valence-corrected chi connectivity index (χ1v) is 9.31. The highest BCUT2D eigenvalue weighted by Gasteiger charge is 2.02. The number of nitrogens with two attached hydrogens (primary N) is 1. The van der Waals surface area contributed by atoms with Crippen molar-refractivity contribution in [1.82, 2.24) is 9.55 Å². The van der Waals surface area contributed by atoms with Gasteiger partial charge in [-0.3, -0.25) is 0 Å². The molecule has 0 unspecified atom stereocenters. The van der Waals surface area contributed by atoms with E-state index in [-0.39, 0.29) is 0 Å². The van der Waals surface area contributed by atoms with Gasteiger partial charge in [-0.05, 0) is 39.2 Å². The Balaban J connectivity index is 1.60. The third-order valence-electron chi connectivity index (χ3n) is 3.35. The van der Waals surface area contributed by atoms with Gasteiger partial charge in [0.2, 0.25) is 0 Å². The summed E-state index contributed by atoms with van der Waals surface area (Å²) in [6, 6.07) is 16.1. The van der Waals surface area contributed by atoms with Crippen LogP contribution in [0.25, 0.3) is 5.69 Å². The molecule has 2 aromatic carbocycles. The van der Waals surface area contributed by atoms with Gasteiger partial charge in [0, 0.05) is 22.6 Å². The Labute approximate surface area is 158 Å². The molecular formula is C18H16BrN5S. The fourth-order valence-electron chi connectivity index (χ4n) is 2.13. The largest absolute Gasteiger partial charge is 0.377 e. The molecule has 25 heavy (non-hydrogen) atoms. The minimum atomic E-state index is 0.439. The molecule has 5 nitrogen and oxygen atoms in total. The summed E-state index contributed by atoms with van der Waals surface area (Å²) in [6.07, 6.45) is 7.07. The zero-order valence-corrected chi connectivity index (χ0v) is 15.7. The van der Waals surface area contributed by atoms with Crippen molar-refractivity contribution < 1.29 is 0 Å². The second kappa shape index (κ2) is 8.64. The summed E-state index contributed by atoms with van der Waals surface area (Å²) >= 11 is 5.03. The zero-order chi connectivity index (χ0) is 17.5. The van der Waals surface area contributed by atoms with E-state index in [4.69, 9.17) is 5.73 Å². The van der Waals surface area contributed by atoms with Gasteiger partial charge in [0.05, 0.1) is 18.2 Å². The van der Waals surface area contributed by atoms with Crippen molar-refractivity contribution >= 4 is 39.1 Å². The zero-order valence-electron chi connectivity index (χ0n) is 13.3. The first-order valence-electron chi connectivity index (χ1n) is 7.53. The highest BCUT2D eigenvalue weighted by Crippen LogP contribution is 2.21. The predicted molar refractivity (Wildman–Crippen MR) is 108 cm³/mol. The smallest absolute Gasteiger partial charge is 0.180 e. The average Bonchev–Trinajstić information content (AvgIpc) is 3.15. The summed E-state index contributed by atoms with van der Waals surface area (Å²) in [6.45, 7) is 0. The third kappa shape index (κ3) is 5.04. The lowest BCUT2D eigenvalue weighted by Gasteiger charge is -2.05. The molecule has 0 atom stereocenters. The molecular weight excluding hydrogens is 398 g/mol. The lowest BCUT2D eigenvalue weighted by Crippen LogP contribution is -2.06. The van der Waals surface area contributed by atoms with Crippen molar-refractivity contribution in [3.8, 4) is 5.69 Å². The van der Waals surface area contributed by atoms with Crippen molar-refractivity contribution in [3.05, 3.63) is 82.9 Å². The maximum atomic E-state index is 5.88. The number of rotatable bonds is 5. The van der Waals surface area contributed by atoms with Crippen LogP contribution in [0, 0.1) is 0 Å². The molecule has 2 N–H and O–H groups in total. The first kappa shape index (κ1) is 17.4. The Bertz CT molecular complexity index is 876. The van der Waals surface area contributed by atoms with Crippen LogP contribution in [0.3, 0.4) is 0 Å². The van der Waals surface area contributed by atoms with Crippen molar-refractivity contribution in [2.75, 3.05) is 0 Å². The lowest BCUT2D eigenvalue weighted by atomic mass is 10.2. The van der Waals surface area contributed by atoms with Crippen molar-refractivity contribution in [2.24, 2.45) is 15.9 Å². The molecule has 0 radical (unpaired) electrons. The molecule has 0 saturated heterocycles. The molecule has 1 heterocycles. The van der Waals surface area contributed by atoms with Crippen LogP contribution < -0.4 is 5.73 Å². The van der Waals surface area contributed by atoms with Crippen LogP contribution in [0.1, 0.15) is 11.1 Å². The van der Waals surface area contributed by atoms with Crippen molar-refractivity contribution in [1.29, 1.82) is 0 Å². The molecule has 0 saturated carbocycles. The molecule has 0 aliphatic carbocycles.